The van der Waals surface area contributed by atoms with Crippen LogP contribution in [0.1, 0.15) is 41.3 Å². The van der Waals surface area contributed by atoms with Crippen molar-refractivity contribution in [3.8, 4) is 0 Å². The normalized spacial score (nSPS) is 16.8. The summed E-state index contributed by atoms with van der Waals surface area (Å²) < 4.78 is 27.7. The van der Waals surface area contributed by atoms with Gasteiger partial charge in [0.05, 0.1) is 24.2 Å². The zero-order valence-electron chi connectivity index (χ0n) is 15.5. The fourth-order valence-electron chi connectivity index (χ4n) is 3.01. The Balaban J connectivity index is 2.37. The van der Waals surface area contributed by atoms with Crippen molar-refractivity contribution in [3.05, 3.63) is 28.8 Å². The summed E-state index contributed by atoms with van der Waals surface area (Å²) in [6.45, 7) is 5.78. The summed E-state index contributed by atoms with van der Waals surface area (Å²) in [6, 6.07) is 2.22. The fraction of sp³-hybridized carbons (Fsp3) is 0.611. The number of piperidine rings is 1. The Hall–Kier alpha value is -1.48. The van der Waals surface area contributed by atoms with Crippen molar-refractivity contribution in [1.29, 1.82) is 0 Å². The molecule has 0 unspecified atom stereocenters. The Morgan fingerprint density at radius 2 is 1.81 bits per heavy atom. The molecule has 0 atom stereocenters. The number of nitrogens with zero attached hydrogens (tertiary/aromatic N) is 1. The second kappa shape index (κ2) is 8.47. The van der Waals surface area contributed by atoms with Crippen LogP contribution in [0.4, 0.5) is 0 Å². The third-order valence-corrected chi connectivity index (χ3v) is 7.04. The van der Waals surface area contributed by atoms with Gasteiger partial charge in [-0.15, -0.1) is 0 Å². The maximum Gasteiger partial charge on any atom is 0.251 e. The SMILES string of the molecule is Cc1cc(C(=O)NC(CO)CO)cc(S(=O)(=O)N2CCC(C)CC2)c1C. The highest BCUT2D eigenvalue weighted by Crippen LogP contribution is 2.28. The summed E-state index contributed by atoms with van der Waals surface area (Å²) in [4.78, 5) is 12.5. The number of benzene rings is 1. The molecule has 1 aliphatic rings. The molecule has 1 amide bonds. The Morgan fingerprint density at radius 3 is 2.35 bits per heavy atom. The van der Waals surface area contributed by atoms with Crippen LogP contribution in [0.25, 0.3) is 0 Å². The van der Waals surface area contributed by atoms with Gasteiger partial charge in [-0.25, -0.2) is 8.42 Å². The van der Waals surface area contributed by atoms with Gasteiger partial charge in [0.2, 0.25) is 10.0 Å². The highest BCUT2D eigenvalue weighted by atomic mass is 32.2. The first-order chi connectivity index (χ1) is 12.2. The minimum Gasteiger partial charge on any atom is -0.394 e. The number of rotatable bonds is 6. The maximum absolute atomic E-state index is 13.1. The molecule has 0 aromatic heterocycles. The second-order valence-electron chi connectivity index (χ2n) is 7.04. The second-order valence-corrected chi connectivity index (χ2v) is 8.94. The summed E-state index contributed by atoms with van der Waals surface area (Å²) in [5.41, 5.74) is 1.52. The number of carbonyl (C=O) groups is 1. The Bertz CT molecular complexity index is 751. The quantitative estimate of drug-likeness (QED) is 0.673. The summed E-state index contributed by atoms with van der Waals surface area (Å²) >= 11 is 0. The Kier molecular flexibility index (Phi) is 6.79. The molecule has 1 aromatic rings. The van der Waals surface area contributed by atoms with Gasteiger partial charge in [-0.1, -0.05) is 6.92 Å². The molecule has 2 rings (SSSR count). The maximum atomic E-state index is 13.1. The fourth-order valence-corrected chi connectivity index (χ4v) is 4.80. The summed E-state index contributed by atoms with van der Waals surface area (Å²) in [5.74, 6) is -0.0137. The standard InChI is InChI=1S/C18H28N2O5S/c1-12-4-6-20(7-5-12)26(24,25)17-9-15(8-13(2)14(17)3)18(23)19-16(10-21)11-22/h8-9,12,16,21-22H,4-7,10-11H2,1-3H3,(H,19,23). The van der Waals surface area contributed by atoms with E-state index < -0.39 is 35.2 Å². The van der Waals surface area contributed by atoms with E-state index in [9.17, 15) is 13.2 Å². The van der Waals surface area contributed by atoms with Gasteiger partial charge in [0.25, 0.3) is 5.91 Å². The van der Waals surface area contributed by atoms with E-state index in [1.807, 2.05) is 0 Å². The number of aryl methyl sites for hydroxylation is 1. The van der Waals surface area contributed by atoms with Gasteiger partial charge < -0.3 is 15.5 Å². The van der Waals surface area contributed by atoms with Crippen LogP contribution < -0.4 is 5.32 Å². The van der Waals surface area contributed by atoms with E-state index in [1.54, 1.807) is 19.9 Å². The van der Waals surface area contributed by atoms with Crippen LogP contribution in [-0.2, 0) is 10.0 Å². The number of aliphatic hydroxyl groups excluding tert-OH is 2. The van der Waals surface area contributed by atoms with Crippen molar-refractivity contribution in [2.45, 2.75) is 44.6 Å². The molecule has 1 saturated heterocycles. The first-order valence-corrected chi connectivity index (χ1v) is 10.3. The molecule has 1 fully saturated rings. The Labute approximate surface area is 155 Å². The zero-order chi connectivity index (χ0) is 19.5. The topological polar surface area (TPSA) is 107 Å². The lowest BCUT2D eigenvalue weighted by molar-refractivity contribution is 0.0879. The minimum absolute atomic E-state index is 0.141. The molecule has 1 aliphatic heterocycles. The van der Waals surface area contributed by atoms with Gasteiger partial charge in [-0.3, -0.25) is 4.79 Å². The van der Waals surface area contributed by atoms with E-state index in [1.165, 1.54) is 10.4 Å². The van der Waals surface area contributed by atoms with E-state index in [2.05, 4.69) is 12.2 Å². The average molecular weight is 384 g/mol. The number of aliphatic hydroxyl groups is 2. The first kappa shape index (κ1) is 20.8. The van der Waals surface area contributed by atoms with Crippen LogP contribution in [0.3, 0.4) is 0 Å². The molecule has 0 radical (unpaired) electrons. The van der Waals surface area contributed by atoms with Crippen molar-refractivity contribution < 1.29 is 23.4 Å². The van der Waals surface area contributed by atoms with Crippen LogP contribution in [0, 0.1) is 19.8 Å². The molecule has 8 heteroatoms. The van der Waals surface area contributed by atoms with Crippen molar-refractivity contribution in [1.82, 2.24) is 9.62 Å². The van der Waals surface area contributed by atoms with Gasteiger partial charge in [-0.05, 0) is 55.9 Å². The summed E-state index contributed by atoms with van der Waals surface area (Å²) in [5, 5.41) is 20.7. The minimum atomic E-state index is -3.68. The smallest absolute Gasteiger partial charge is 0.251 e. The van der Waals surface area contributed by atoms with Crippen LogP contribution in [-0.4, -0.2) is 61.2 Å². The Morgan fingerprint density at radius 1 is 1.23 bits per heavy atom. The lowest BCUT2D eigenvalue weighted by atomic mass is 10.0. The number of nitrogens with one attached hydrogen (secondary N) is 1. The van der Waals surface area contributed by atoms with E-state index >= 15 is 0 Å². The predicted octanol–water partition coefficient (Wildman–Crippen LogP) is 0.807. The molecule has 0 bridgehead atoms. The van der Waals surface area contributed by atoms with Gasteiger partial charge >= 0.3 is 0 Å². The van der Waals surface area contributed by atoms with Crippen molar-refractivity contribution >= 4 is 15.9 Å². The lowest BCUT2D eigenvalue weighted by Crippen LogP contribution is -2.40. The van der Waals surface area contributed by atoms with Crippen LogP contribution >= 0.6 is 0 Å². The van der Waals surface area contributed by atoms with Crippen LogP contribution in [0.2, 0.25) is 0 Å². The van der Waals surface area contributed by atoms with E-state index in [0.29, 0.717) is 30.1 Å². The number of carbonyl (C=O) groups excluding carboxylic acids is 1. The van der Waals surface area contributed by atoms with Crippen molar-refractivity contribution in [3.63, 3.8) is 0 Å². The largest absolute Gasteiger partial charge is 0.394 e. The molecule has 1 heterocycles. The van der Waals surface area contributed by atoms with E-state index in [0.717, 1.165) is 12.8 Å². The molecule has 146 valence electrons. The van der Waals surface area contributed by atoms with Crippen LogP contribution in [0.5, 0.6) is 0 Å². The molecule has 26 heavy (non-hydrogen) atoms. The first-order valence-electron chi connectivity index (χ1n) is 8.84. The zero-order valence-corrected chi connectivity index (χ0v) is 16.3. The third kappa shape index (κ3) is 4.43. The number of sulfonamides is 1. The van der Waals surface area contributed by atoms with Crippen LogP contribution in [0.15, 0.2) is 17.0 Å². The predicted molar refractivity (Wildman–Crippen MR) is 98.5 cm³/mol. The summed E-state index contributed by atoms with van der Waals surface area (Å²) in [6.07, 6.45) is 1.65. The van der Waals surface area contributed by atoms with Crippen molar-refractivity contribution in [2.24, 2.45) is 5.92 Å². The highest BCUT2D eigenvalue weighted by molar-refractivity contribution is 7.89. The molecular weight excluding hydrogens is 356 g/mol. The lowest BCUT2D eigenvalue weighted by Gasteiger charge is -2.30. The molecular formula is C18H28N2O5S. The van der Waals surface area contributed by atoms with Gasteiger partial charge in [0.1, 0.15) is 0 Å². The molecule has 0 saturated carbocycles. The van der Waals surface area contributed by atoms with E-state index in [4.69, 9.17) is 10.2 Å². The molecule has 3 N–H and O–H groups in total. The number of hydrogen-bond donors (Lipinski definition) is 3. The molecule has 7 nitrogen and oxygen atoms in total. The molecule has 0 spiro atoms. The monoisotopic (exact) mass is 384 g/mol. The average Bonchev–Trinajstić information content (AvgIpc) is 2.61. The number of amides is 1. The number of hydrogen-bond acceptors (Lipinski definition) is 5. The van der Waals surface area contributed by atoms with E-state index in [-0.39, 0.29) is 10.5 Å². The molecule has 0 aliphatic carbocycles. The van der Waals surface area contributed by atoms with Crippen molar-refractivity contribution in [2.75, 3.05) is 26.3 Å². The van der Waals surface area contributed by atoms with Gasteiger partial charge in [0, 0.05) is 18.7 Å². The molecule has 1 aromatic carbocycles. The van der Waals surface area contributed by atoms with Gasteiger partial charge in [-0.2, -0.15) is 4.31 Å². The summed E-state index contributed by atoms with van der Waals surface area (Å²) in [7, 11) is -3.68. The van der Waals surface area contributed by atoms with Gasteiger partial charge in [0.15, 0.2) is 0 Å². The highest BCUT2D eigenvalue weighted by Gasteiger charge is 2.30. The third-order valence-electron chi connectivity index (χ3n) is 5.02.